The van der Waals surface area contributed by atoms with Crippen LogP contribution < -0.4 is 15.4 Å². The van der Waals surface area contributed by atoms with Gasteiger partial charge < -0.3 is 10.6 Å². The Labute approximate surface area is 204 Å². The van der Waals surface area contributed by atoms with Crippen molar-refractivity contribution in [2.45, 2.75) is 58.0 Å². The standard InChI is InChI=1S/C23H34N4O2S.HI/c1-18(2)27-30(28,29)17-22-14-12-21(13-15-22)16-25-23(24-4)26-19(3)10-11-20-8-6-5-7-9-20;/h5-9,12-15,18-19,27H,10-11,16-17H2,1-4H3,(H2,24,25,26);1H. The van der Waals surface area contributed by atoms with Gasteiger partial charge in [-0.1, -0.05) is 54.6 Å². The molecule has 0 bridgehead atoms. The van der Waals surface area contributed by atoms with Crippen molar-refractivity contribution < 1.29 is 8.42 Å². The Morgan fingerprint density at radius 1 is 0.935 bits per heavy atom. The summed E-state index contributed by atoms with van der Waals surface area (Å²) >= 11 is 0. The van der Waals surface area contributed by atoms with Crippen LogP contribution in [0.5, 0.6) is 0 Å². The molecule has 31 heavy (non-hydrogen) atoms. The van der Waals surface area contributed by atoms with Gasteiger partial charge in [0.15, 0.2) is 5.96 Å². The second-order valence-corrected chi connectivity index (χ2v) is 9.60. The van der Waals surface area contributed by atoms with E-state index in [-0.39, 0.29) is 41.8 Å². The molecule has 0 fully saturated rings. The maximum atomic E-state index is 12.0. The number of halogens is 1. The third kappa shape index (κ3) is 11.0. The van der Waals surface area contributed by atoms with E-state index in [2.05, 4.69) is 51.5 Å². The minimum atomic E-state index is -3.31. The van der Waals surface area contributed by atoms with Crippen LogP contribution in [0.3, 0.4) is 0 Å². The molecule has 0 saturated heterocycles. The molecule has 1 atom stereocenters. The van der Waals surface area contributed by atoms with Crippen molar-refractivity contribution in [2.24, 2.45) is 4.99 Å². The Morgan fingerprint density at radius 2 is 1.55 bits per heavy atom. The van der Waals surface area contributed by atoms with Gasteiger partial charge in [0.25, 0.3) is 0 Å². The molecular weight excluding hydrogens is 523 g/mol. The Balaban J connectivity index is 0.00000480. The zero-order chi connectivity index (χ0) is 22.0. The van der Waals surface area contributed by atoms with Crippen LogP contribution in [0.2, 0.25) is 0 Å². The highest BCUT2D eigenvalue weighted by atomic mass is 127. The minimum absolute atomic E-state index is 0. The number of benzene rings is 2. The Bertz CT molecular complexity index is 901. The van der Waals surface area contributed by atoms with E-state index in [0.717, 1.165) is 29.9 Å². The molecule has 0 aliphatic carbocycles. The number of guanidine groups is 1. The van der Waals surface area contributed by atoms with Crippen molar-refractivity contribution >= 4 is 40.0 Å². The molecule has 172 valence electrons. The number of hydrogen-bond acceptors (Lipinski definition) is 3. The molecule has 2 aromatic carbocycles. The second-order valence-electron chi connectivity index (χ2n) is 7.84. The van der Waals surface area contributed by atoms with E-state index in [9.17, 15) is 8.42 Å². The van der Waals surface area contributed by atoms with Crippen LogP contribution >= 0.6 is 24.0 Å². The first kappa shape index (κ1) is 27.4. The summed E-state index contributed by atoms with van der Waals surface area (Å²) in [6, 6.07) is 18.2. The zero-order valence-corrected chi connectivity index (χ0v) is 21.9. The highest BCUT2D eigenvalue weighted by Crippen LogP contribution is 2.09. The highest BCUT2D eigenvalue weighted by molar-refractivity contribution is 14.0. The maximum Gasteiger partial charge on any atom is 0.216 e. The number of rotatable bonds is 10. The lowest BCUT2D eigenvalue weighted by molar-refractivity contribution is 0.569. The number of aryl methyl sites for hydroxylation is 1. The Morgan fingerprint density at radius 3 is 2.13 bits per heavy atom. The van der Waals surface area contributed by atoms with E-state index in [4.69, 9.17) is 0 Å². The summed E-state index contributed by atoms with van der Waals surface area (Å²) in [6.07, 6.45) is 2.03. The smallest absolute Gasteiger partial charge is 0.216 e. The van der Waals surface area contributed by atoms with Crippen LogP contribution in [0.4, 0.5) is 0 Å². The van der Waals surface area contributed by atoms with E-state index >= 15 is 0 Å². The predicted molar refractivity (Wildman–Crippen MR) is 140 cm³/mol. The van der Waals surface area contributed by atoms with Crippen molar-refractivity contribution in [2.75, 3.05) is 7.05 Å². The minimum Gasteiger partial charge on any atom is -0.354 e. The summed E-state index contributed by atoms with van der Waals surface area (Å²) in [6.45, 7) is 6.39. The molecule has 0 amide bonds. The molecule has 3 N–H and O–H groups in total. The highest BCUT2D eigenvalue weighted by Gasteiger charge is 2.13. The molecule has 0 aliphatic rings. The average molecular weight is 559 g/mol. The van der Waals surface area contributed by atoms with Crippen LogP contribution in [0.15, 0.2) is 59.6 Å². The number of nitrogens with one attached hydrogen (secondary N) is 3. The number of nitrogens with zero attached hydrogens (tertiary/aromatic N) is 1. The molecule has 0 radical (unpaired) electrons. The summed E-state index contributed by atoms with van der Waals surface area (Å²) in [5.74, 6) is 0.740. The lowest BCUT2D eigenvalue weighted by Gasteiger charge is -2.18. The quantitative estimate of drug-likeness (QED) is 0.235. The van der Waals surface area contributed by atoms with Gasteiger partial charge in [0, 0.05) is 25.7 Å². The molecule has 1 unspecified atom stereocenters. The van der Waals surface area contributed by atoms with Gasteiger partial charge in [-0.25, -0.2) is 13.1 Å². The summed E-state index contributed by atoms with van der Waals surface area (Å²) in [4.78, 5) is 4.30. The molecular formula is C23H35IN4O2S. The van der Waals surface area contributed by atoms with Gasteiger partial charge in [0.1, 0.15) is 0 Å². The lowest BCUT2D eigenvalue weighted by atomic mass is 10.1. The van der Waals surface area contributed by atoms with Crippen LogP contribution in [0.1, 0.15) is 43.9 Å². The van der Waals surface area contributed by atoms with E-state index < -0.39 is 10.0 Å². The average Bonchev–Trinajstić information content (AvgIpc) is 2.70. The Kier molecular flexibility index (Phi) is 12.1. The first-order chi connectivity index (χ1) is 14.3. The molecule has 0 aromatic heterocycles. The topological polar surface area (TPSA) is 82.6 Å². The Hall–Kier alpha value is -1.65. The molecule has 2 rings (SSSR count). The van der Waals surface area contributed by atoms with Crippen molar-refractivity contribution in [3.05, 3.63) is 71.3 Å². The molecule has 8 heteroatoms. The fraction of sp³-hybridized carbons (Fsp3) is 0.435. The first-order valence-corrected chi connectivity index (χ1v) is 12.0. The molecule has 0 heterocycles. The third-order valence-corrected chi connectivity index (χ3v) is 6.11. The van der Waals surface area contributed by atoms with Gasteiger partial charge >= 0.3 is 0 Å². The van der Waals surface area contributed by atoms with Crippen molar-refractivity contribution in [1.82, 2.24) is 15.4 Å². The van der Waals surface area contributed by atoms with Gasteiger partial charge in [-0.2, -0.15) is 0 Å². The number of sulfonamides is 1. The van der Waals surface area contributed by atoms with Gasteiger partial charge in [-0.3, -0.25) is 4.99 Å². The van der Waals surface area contributed by atoms with Crippen LogP contribution in [-0.2, 0) is 28.7 Å². The normalized spacial score (nSPS) is 12.9. The van der Waals surface area contributed by atoms with Crippen molar-refractivity contribution in [1.29, 1.82) is 0 Å². The van der Waals surface area contributed by atoms with Gasteiger partial charge in [-0.05, 0) is 50.3 Å². The largest absolute Gasteiger partial charge is 0.354 e. The van der Waals surface area contributed by atoms with Crippen LogP contribution in [0.25, 0.3) is 0 Å². The first-order valence-electron chi connectivity index (χ1n) is 10.4. The molecule has 2 aromatic rings. The third-order valence-electron chi connectivity index (χ3n) is 4.57. The fourth-order valence-corrected chi connectivity index (χ4v) is 4.52. The predicted octanol–water partition coefficient (Wildman–Crippen LogP) is 3.82. The van der Waals surface area contributed by atoms with Gasteiger partial charge in [0.05, 0.1) is 5.75 Å². The van der Waals surface area contributed by atoms with Gasteiger partial charge in [0.2, 0.25) is 10.0 Å². The number of aliphatic imine (C=N–C) groups is 1. The fourth-order valence-electron chi connectivity index (χ4n) is 3.09. The van der Waals surface area contributed by atoms with Crippen LogP contribution in [-0.4, -0.2) is 33.5 Å². The summed E-state index contributed by atoms with van der Waals surface area (Å²) in [7, 11) is -1.55. The zero-order valence-electron chi connectivity index (χ0n) is 18.8. The molecule has 0 saturated carbocycles. The molecule has 0 aliphatic heterocycles. The van der Waals surface area contributed by atoms with E-state index in [1.807, 2.05) is 44.2 Å². The number of hydrogen-bond donors (Lipinski definition) is 3. The summed E-state index contributed by atoms with van der Waals surface area (Å²) < 4.78 is 26.7. The lowest BCUT2D eigenvalue weighted by Crippen LogP contribution is -2.42. The summed E-state index contributed by atoms with van der Waals surface area (Å²) in [5, 5.41) is 6.74. The van der Waals surface area contributed by atoms with Crippen molar-refractivity contribution in [3.63, 3.8) is 0 Å². The van der Waals surface area contributed by atoms with E-state index in [0.29, 0.717) is 6.54 Å². The van der Waals surface area contributed by atoms with Crippen LogP contribution in [0, 0.1) is 0 Å². The van der Waals surface area contributed by atoms with Gasteiger partial charge in [-0.15, -0.1) is 24.0 Å². The summed E-state index contributed by atoms with van der Waals surface area (Å²) in [5.41, 5.74) is 3.16. The van der Waals surface area contributed by atoms with Crippen molar-refractivity contribution in [3.8, 4) is 0 Å². The second kappa shape index (κ2) is 13.7. The van der Waals surface area contributed by atoms with E-state index in [1.54, 1.807) is 7.05 Å². The molecule has 6 nitrogen and oxygen atoms in total. The SMILES string of the molecule is CN=C(NCc1ccc(CS(=O)(=O)NC(C)C)cc1)NC(C)CCc1ccccc1.I. The van der Waals surface area contributed by atoms with E-state index in [1.165, 1.54) is 5.56 Å². The monoisotopic (exact) mass is 558 g/mol. The molecule has 0 spiro atoms. The maximum absolute atomic E-state index is 12.0.